The lowest BCUT2D eigenvalue weighted by molar-refractivity contribution is -0.166. The molecule has 19 heteroatoms. The zero-order valence-corrected chi connectivity index (χ0v) is 29.0. The van der Waals surface area contributed by atoms with Crippen molar-refractivity contribution in [2.24, 2.45) is 0 Å². The highest BCUT2D eigenvalue weighted by atomic mass is 35.5. The molecule has 280 valence electrons. The number of halogens is 2. The Morgan fingerprint density at radius 3 is 2.04 bits per heavy atom. The highest BCUT2D eigenvalue weighted by molar-refractivity contribution is 6.32. The first-order chi connectivity index (χ1) is 25.6. The number of hydrogen-bond acceptors (Lipinski definition) is 15. The molecule has 2 aromatic carbocycles. The Balaban J connectivity index is 1.39. The molecule has 54 heavy (non-hydrogen) atoms. The molecule has 0 amide bonds. The lowest BCUT2D eigenvalue weighted by Crippen LogP contribution is -2.48. The van der Waals surface area contributed by atoms with Crippen molar-refractivity contribution in [3.05, 3.63) is 121 Å². The summed E-state index contributed by atoms with van der Waals surface area (Å²) in [5, 5.41) is -0.0546. The Bertz CT molecular complexity index is 2260. The van der Waals surface area contributed by atoms with Crippen LogP contribution in [0.1, 0.15) is 58.1 Å². The van der Waals surface area contributed by atoms with Gasteiger partial charge in [-0.05, 0) is 36.4 Å². The first kappa shape index (κ1) is 38.7. The number of carbonyl (C=O) groups is 6. The van der Waals surface area contributed by atoms with Crippen molar-refractivity contribution in [1.82, 2.24) is 14.1 Å². The monoisotopic (exact) mass is 767 g/mol. The van der Waals surface area contributed by atoms with E-state index >= 15 is 4.39 Å². The maximum absolute atomic E-state index is 15.1. The van der Waals surface area contributed by atoms with Crippen LogP contribution in [0.3, 0.4) is 0 Å². The standard InChI is InChI=1S/C35H27ClFN3O14/c1-17(41)49-16-26-28(50-18(2)42)29(51-19(3)43)32(52-26)39-15-24(37)31(45)40(35(39)48)30(44)20-9-11-22(12-10-20)34(47)54-27-13-25(23(36)14-38-27)53-33(46)21-7-5-4-6-8-21/h4-15,26,28-29,32H,16H2,1-3H3/t26-,28-,29-,32-/m1/s1. The summed E-state index contributed by atoms with van der Waals surface area (Å²) in [6, 6.07) is 13.4. The number of nitrogens with zero attached hydrogens (tertiary/aromatic N) is 3. The lowest BCUT2D eigenvalue weighted by Gasteiger charge is -2.24. The Hall–Kier alpha value is -6.53. The van der Waals surface area contributed by atoms with Crippen LogP contribution in [-0.2, 0) is 33.3 Å². The number of hydrogen-bond donors (Lipinski definition) is 0. The molecule has 4 aromatic rings. The number of esters is 5. The lowest BCUT2D eigenvalue weighted by atomic mass is 10.1. The molecule has 0 bridgehead atoms. The van der Waals surface area contributed by atoms with E-state index in [1.165, 1.54) is 12.1 Å². The summed E-state index contributed by atoms with van der Waals surface area (Å²) in [5.41, 5.74) is -3.39. The molecule has 0 saturated carbocycles. The summed E-state index contributed by atoms with van der Waals surface area (Å²) >= 11 is 6.09. The first-order valence-electron chi connectivity index (χ1n) is 15.6. The third-order valence-electron chi connectivity index (χ3n) is 7.46. The predicted octanol–water partition coefficient (Wildman–Crippen LogP) is 2.65. The van der Waals surface area contributed by atoms with E-state index < -0.39 is 84.0 Å². The maximum Gasteiger partial charge on any atom is 0.344 e. The van der Waals surface area contributed by atoms with Gasteiger partial charge in [0.1, 0.15) is 17.7 Å². The van der Waals surface area contributed by atoms with Gasteiger partial charge < -0.3 is 28.4 Å². The average Bonchev–Trinajstić information content (AvgIpc) is 3.45. The second kappa shape index (κ2) is 16.4. The number of pyridine rings is 1. The summed E-state index contributed by atoms with van der Waals surface area (Å²) < 4.78 is 47.2. The Kier molecular flexibility index (Phi) is 11.8. The van der Waals surface area contributed by atoms with Gasteiger partial charge in [0.25, 0.3) is 11.5 Å². The van der Waals surface area contributed by atoms with E-state index in [9.17, 15) is 38.4 Å². The average molecular weight is 768 g/mol. The van der Waals surface area contributed by atoms with Crippen molar-refractivity contribution in [3.63, 3.8) is 0 Å². The Labute approximate surface area is 307 Å². The summed E-state index contributed by atoms with van der Waals surface area (Å²) in [6.07, 6.45) is -4.76. The molecule has 17 nitrogen and oxygen atoms in total. The normalized spacial score (nSPS) is 17.6. The van der Waals surface area contributed by atoms with Gasteiger partial charge in [0.05, 0.1) is 23.5 Å². The van der Waals surface area contributed by atoms with Crippen LogP contribution in [0.25, 0.3) is 0 Å². The van der Waals surface area contributed by atoms with E-state index in [4.69, 9.17) is 40.0 Å². The summed E-state index contributed by atoms with van der Waals surface area (Å²) in [4.78, 5) is 105. The van der Waals surface area contributed by atoms with Gasteiger partial charge in [0.2, 0.25) is 11.7 Å². The van der Waals surface area contributed by atoms with E-state index in [1.807, 2.05) is 0 Å². The van der Waals surface area contributed by atoms with E-state index in [0.29, 0.717) is 10.8 Å². The van der Waals surface area contributed by atoms with E-state index in [0.717, 1.165) is 57.3 Å². The molecule has 1 saturated heterocycles. The first-order valence-corrected chi connectivity index (χ1v) is 16.0. The van der Waals surface area contributed by atoms with Crippen LogP contribution in [0.2, 0.25) is 5.02 Å². The van der Waals surface area contributed by atoms with Gasteiger partial charge in [-0.25, -0.2) is 19.4 Å². The van der Waals surface area contributed by atoms with Crippen molar-refractivity contribution in [1.29, 1.82) is 0 Å². The molecule has 4 atom stereocenters. The molecule has 1 aliphatic rings. The van der Waals surface area contributed by atoms with Crippen LogP contribution in [0, 0.1) is 5.82 Å². The smallest absolute Gasteiger partial charge is 0.344 e. The molecule has 0 unspecified atom stereocenters. The van der Waals surface area contributed by atoms with Crippen LogP contribution < -0.4 is 20.7 Å². The zero-order valence-electron chi connectivity index (χ0n) is 28.3. The van der Waals surface area contributed by atoms with Gasteiger partial charge >= 0.3 is 35.5 Å². The summed E-state index contributed by atoms with van der Waals surface area (Å²) in [7, 11) is 0. The van der Waals surface area contributed by atoms with Crippen LogP contribution in [0.4, 0.5) is 4.39 Å². The molecule has 1 aliphatic heterocycles. The molecule has 1 fully saturated rings. The quantitative estimate of drug-likeness (QED) is 0.168. The second-order valence-electron chi connectivity index (χ2n) is 11.3. The van der Waals surface area contributed by atoms with Gasteiger partial charge in [-0.1, -0.05) is 29.8 Å². The number of benzene rings is 2. The van der Waals surface area contributed by atoms with Crippen LogP contribution >= 0.6 is 11.6 Å². The van der Waals surface area contributed by atoms with E-state index in [2.05, 4.69) is 4.98 Å². The second-order valence-corrected chi connectivity index (χ2v) is 11.7. The molecule has 0 aliphatic carbocycles. The largest absolute Gasteiger partial charge is 0.463 e. The molecule has 0 N–H and O–H groups in total. The number of aromatic nitrogens is 3. The fraction of sp³-hybridized carbons (Fsp3) is 0.229. The fourth-order valence-electron chi connectivity index (χ4n) is 5.12. The SMILES string of the molecule is CC(=O)OC[C@H]1O[C@@H](n2cc(F)c(=O)n(C(=O)c3ccc(C(=O)Oc4cc(OC(=O)c5ccccc5)c(Cl)cn4)cc3)c2=O)[C@H](OC(C)=O)[C@@H]1OC(C)=O. The maximum atomic E-state index is 15.1. The minimum Gasteiger partial charge on any atom is -0.463 e. The number of rotatable bonds is 10. The molecule has 5 rings (SSSR count). The van der Waals surface area contributed by atoms with E-state index in [-0.39, 0.29) is 37.9 Å². The highest BCUT2D eigenvalue weighted by Gasteiger charge is 2.51. The van der Waals surface area contributed by atoms with Gasteiger partial charge in [-0.2, -0.15) is 8.96 Å². The summed E-state index contributed by atoms with van der Waals surface area (Å²) in [5.74, 6) is -7.70. The van der Waals surface area contributed by atoms with Crippen molar-refractivity contribution < 1.29 is 61.6 Å². The Morgan fingerprint density at radius 1 is 0.815 bits per heavy atom. The molecular formula is C35H27ClFN3O14. The predicted molar refractivity (Wildman–Crippen MR) is 178 cm³/mol. The fourth-order valence-corrected chi connectivity index (χ4v) is 5.26. The van der Waals surface area contributed by atoms with E-state index in [1.54, 1.807) is 18.2 Å². The van der Waals surface area contributed by atoms with Gasteiger partial charge in [-0.3, -0.25) is 28.5 Å². The van der Waals surface area contributed by atoms with Crippen molar-refractivity contribution >= 4 is 47.4 Å². The minimum absolute atomic E-state index is 0.0546. The topological polar surface area (TPSA) is 215 Å². The third kappa shape index (κ3) is 8.73. The van der Waals surface area contributed by atoms with Crippen LogP contribution in [0.5, 0.6) is 11.6 Å². The van der Waals surface area contributed by atoms with Gasteiger partial charge in [0, 0.05) is 32.4 Å². The molecule has 3 heterocycles. The van der Waals surface area contributed by atoms with Gasteiger partial charge in [0.15, 0.2) is 24.2 Å². The molecule has 0 spiro atoms. The van der Waals surface area contributed by atoms with Crippen LogP contribution in [-0.4, -0.2) is 74.8 Å². The van der Waals surface area contributed by atoms with Crippen molar-refractivity contribution in [2.45, 2.75) is 45.3 Å². The third-order valence-corrected chi connectivity index (χ3v) is 7.75. The molecular weight excluding hydrogens is 741 g/mol. The van der Waals surface area contributed by atoms with Crippen molar-refractivity contribution in [2.75, 3.05) is 6.61 Å². The van der Waals surface area contributed by atoms with Crippen molar-refractivity contribution in [3.8, 4) is 11.6 Å². The molecule has 2 aromatic heterocycles. The zero-order chi connectivity index (χ0) is 39.3. The minimum atomic E-state index is -1.79. The highest BCUT2D eigenvalue weighted by Crippen LogP contribution is 2.34. The van der Waals surface area contributed by atoms with Gasteiger partial charge in [-0.15, -0.1) is 0 Å². The number of ether oxygens (including phenoxy) is 6. The molecule has 0 radical (unpaired) electrons. The Morgan fingerprint density at radius 2 is 1.41 bits per heavy atom. The number of carbonyl (C=O) groups excluding carboxylic acids is 6. The summed E-state index contributed by atoms with van der Waals surface area (Å²) in [6.45, 7) is 2.53. The van der Waals surface area contributed by atoms with Crippen LogP contribution in [0.15, 0.2) is 82.6 Å².